The molecule has 1 aromatic heterocycles. The molecule has 1 N–H and O–H groups in total. The van der Waals surface area contributed by atoms with Crippen LogP contribution in [0.1, 0.15) is 29.5 Å². The van der Waals surface area contributed by atoms with Crippen LogP contribution in [-0.4, -0.2) is 27.0 Å². The number of benzene rings is 1. The Bertz CT molecular complexity index is 716. The van der Waals surface area contributed by atoms with Crippen molar-refractivity contribution in [3.63, 3.8) is 0 Å². The van der Waals surface area contributed by atoms with Crippen molar-refractivity contribution in [3.05, 3.63) is 47.6 Å². The van der Waals surface area contributed by atoms with Crippen LogP contribution in [0.5, 0.6) is 11.5 Å². The first-order valence-corrected chi connectivity index (χ1v) is 6.91. The summed E-state index contributed by atoms with van der Waals surface area (Å²) in [5.41, 5.74) is 1.56. The third kappa shape index (κ3) is 2.54. The summed E-state index contributed by atoms with van der Waals surface area (Å²) in [5, 5.41) is 9.70. The topological polar surface area (TPSA) is 64.4 Å². The molecule has 21 heavy (non-hydrogen) atoms. The Morgan fingerprint density at radius 1 is 1.48 bits per heavy atom. The predicted octanol–water partition coefficient (Wildman–Crippen LogP) is 2.66. The summed E-state index contributed by atoms with van der Waals surface area (Å²) >= 11 is 0. The number of hydrogen-bond acceptors (Lipinski definition) is 4. The Morgan fingerprint density at radius 3 is 3.14 bits per heavy atom. The summed E-state index contributed by atoms with van der Waals surface area (Å²) in [5.74, 6) is 0.967. The van der Waals surface area contributed by atoms with Gasteiger partial charge in [-0.1, -0.05) is 6.07 Å². The number of carbonyl (C=O) groups is 1. The number of aryl methyl sites for hydroxylation is 1. The molecular formula is C16H16N2O3. The molecule has 0 spiro atoms. The summed E-state index contributed by atoms with van der Waals surface area (Å²) in [4.78, 5) is 16.4. The first-order valence-electron chi connectivity index (χ1n) is 6.91. The van der Waals surface area contributed by atoms with E-state index in [1.807, 2.05) is 23.8 Å². The van der Waals surface area contributed by atoms with Gasteiger partial charge in [-0.15, -0.1) is 0 Å². The average Bonchev–Trinajstić information content (AvgIpc) is 2.95. The summed E-state index contributed by atoms with van der Waals surface area (Å²) < 4.78 is 7.22. The zero-order chi connectivity index (χ0) is 14.8. The van der Waals surface area contributed by atoms with Gasteiger partial charge in [-0.3, -0.25) is 4.79 Å². The number of nitrogens with zero attached hydrogens (tertiary/aromatic N) is 2. The molecule has 1 aliphatic heterocycles. The number of phenols is 1. The number of phenolic OH excluding ortho intramolecular Hbond substituents is 1. The highest BCUT2D eigenvalue weighted by Crippen LogP contribution is 2.29. The lowest BCUT2D eigenvalue weighted by Crippen LogP contribution is -2.19. The smallest absolute Gasteiger partial charge is 0.224 e. The van der Waals surface area contributed by atoms with E-state index >= 15 is 0 Å². The fourth-order valence-corrected chi connectivity index (χ4v) is 2.43. The molecule has 1 aromatic carbocycles. The van der Waals surface area contributed by atoms with Gasteiger partial charge in [0.2, 0.25) is 5.78 Å². The molecule has 0 radical (unpaired) electrons. The van der Waals surface area contributed by atoms with Crippen molar-refractivity contribution >= 4 is 11.9 Å². The second-order valence-corrected chi connectivity index (χ2v) is 4.85. The number of Topliss-reactive ketones (excluding diaryl/α,β-unsaturated/α-hetero) is 1. The lowest BCUT2D eigenvalue weighted by molar-refractivity contribution is 0.100. The molecule has 0 atom stereocenters. The number of fused-ring (bicyclic) bond motifs is 1. The average molecular weight is 284 g/mol. The number of rotatable bonds is 3. The van der Waals surface area contributed by atoms with Crippen LogP contribution < -0.4 is 4.74 Å². The molecule has 0 aliphatic carbocycles. The zero-order valence-electron chi connectivity index (χ0n) is 11.7. The molecule has 1 aliphatic rings. The van der Waals surface area contributed by atoms with Crippen LogP contribution in [0.3, 0.4) is 0 Å². The molecule has 5 nitrogen and oxygen atoms in total. The van der Waals surface area contributed by atoms with Crippen molar-refractivity contribution in [1.29, 1.82) is 0 Å². The van der Waals surface area contributed by atoms with Crippen LogP contribution in [0.4, 0.5) is 0 Å². The number of carbonyl (C=O) groups excluding carboxylic acids is 1. The summed E-state index contributed by atoms with van der Waals surface area (Å²) in [6, 6.07) is 5.07. The number of ether oxygens (including phenoxy) is 1. The van der Waals surface area contributed by atoms with Gasteiger partial charge in [0, 0.05) is 24.5 Å². The summed E-state index contributed by atoms with van der Waals surface area (Å²) in [7, 11) is 0. The van der Waals surface area contributed by atoms with Gasteiger partial charge in [-0.05, 0) is 37.1 Å². The van der Waals surface area contributed by atoms with Crippen molar-refractivity contribution in [2.24, 2.45) is 0 Å². The molecule has 5 heteroatoms. The van der Waals surface area contributed by atoms with Crippen molar-refractivity contribution in [2.75, 3.05) is 6.61 Å². The lowest BCUT2D eigenvalue weighted by atomic mass is 10.0. The maximum absolute atomic E-state index is 12.3. The minimum Gasteiger partial charge on any atom is -0.504 e. The number of allylic oxidation sites excluding steroid dienone is 1. The Balaban J connectivity index is 1.92. The van der Waals surface area contributed by atoms with Crippen LogP contribution in [-0.2, 0) is 6.54 Å². The van der Waals surface area contributed by atoms with Gasteiger partial charge in [0.15, 0.2) is 17.3 Å². The zero-order valence-corrected chi connectivity index (χ0v) is 11.7. The van der Waals surface area contributed by atoms with E-state index in [0.29, 0.717) is 24.6 Å². The van der Waals surface area contributed by atoms with Crippen molar-refractivity contribution < 1.29 is 14.6 Å². The Morgan fingerprint density at radius 2 is 2.33 bits per heavy atom. The minimum absolute atomic E-state index is 0.0442. The molecule has 0 bridgehead atoms. The monoisotopic (exact) mass is 284 g/mol. The van der Waals surface area contributed by atoms with E-state index < -0.39 is 0 Å². The molecule has 0 saturated heterocycles. The van der Waals surface area contributed by atoms with E-state index in [1.165, 1.54) is 0 Å². The maximum Gasteiger partial charge on any atom is 0.224 e. The fraction of sp³-hybridized carbons (Fsp3) is 0.250. The number of ketones is 1. The van der Waals surface area contributed by atoms with Crippen LogP contribution in [0, 0.1) is 0 Å². The Hall–Kier alpha value is -2.56. The predicted molar refractivity (Wildman–Crippen MR) is 78.4 cm³/mol. The van der Waals surface area contributed by atoms with E-state index in [-0.39, 0.29) is 11.5 Å². The molecule has 0 fully saturated rings. The standard InChI is InChI=1S/C16H16N2O3/c1-2-21-14-10-11(3-4-13(14)19)9-12-5-7-18-8-6-17-16(18)15(12)20/h3-4,6,8-10,19H,2,5,7H2,1H3/b12-9-. The van der Waals surface area contributed by atoms with E-state index in [2.05, 4.69) is 4.98 Å². The second kappa shape index (κ2) is 5.44. The van der Waals surface area contributed by atoms with Gasteiger partial charge in [-0.2, -0.15) is 0 Å². The van der Waals surface area contributed by atoms with Gasteiger partial charge < -0.3 is 14.4 Å². The van der Waals surface area contributed by atoms with E-state index in [9.17, 15) is 9.90 Å². The van der Waals surface area contributed by atoms with Crippen molar-refractivity contribution in [2.45, 2.75) is 19.9 Å². The molecule has 0 saturated carbocycles. The van der Waals surface area contributed by atoms with Gasteiger partial charge in [0.25, 0.3) is 0 Å². The molecule has 0 amide bonds. The highest BCUT2D eigenvalue weighted by Gasteiger charge is 2.22. The van der Waals surface area contributed by atoms with Crippen LogP contribution in [0.2, 0.25) is 0 Å². The van der Waals surface area contributed by atoms with Gasteiger partial charge in [0.1, 0.15) is 0 Å². The Labute approximate surface area is 122 Å². The van der Waals surface area contributed by atoms with Crippen LogP contribution in [0.25, 0.3) is 6.08 Å². The number of hydrogen-bond donors (Lipinski definition) is 1. The van der Waals surface area contributed by atoms with Crippen molar-refractivity contribution in [1.82, 2.24) is 9.55 Å². The van der Waals surface area contributed by atoms with E-state index in [0.717, 1.165) is 17.7 Å². The summed E-state index contributed by atoms with van der Waals surface area (Å²) in [6.45, 7) is 3.09. The van der Waals surface area contributed by atoms with Crippen molar-refractivity contribution in [3.8, 4) is 11.5 Å². The highest BCUT2D eigenvalue weighted by atomic mass is 16.5. The first kappa shape index (κ1) is 13.4. The van der Waals surface area contributed by atoms with Gasteiger partial charge in [0.05, 0.1) is 6.61 Å². The third-order valence-corrected chi connectivity index (χ3v) is 3.46. The molecule has 2 heterocycles. The third-order valence-electron chi connectivity index (χ3n) is 3.46. The van der Waals surface area contributed by atoms with E-state index in [1.54, 1.807) is 24.4 Å². The highest BCUT2D eigenvalue weighted by molar-refractivity contribution is 6.09. The Kier molecular flexibility index (Phi) is 3.48. The molecule has 0 unspecified atom stereocenters. The maximum atomic E-state index is 12.3. The number of imidazole rings is 1. The number of aromatic hydroxyl groups is 1. The van der Waals surface area contributed by atoms with E-state index in [4.69, 9.17) is 4.74 Å². The lowest BCUT2D eigenvalue weighted by Gasteiger charge is -2.15. The van der Waals surface area contributed by atoms with Gasteiger partial charge in [-0.25, -0.2) is 4.98 Å². The fourth-order valence-electron chi connectivity index (χ4n) is 2.43. The van der Waals surface area contributed by atoms with Crippen LogP contribution >= 0.6 is 0 Å². The molecule has 3 rings (SSSR count). The minimum atomic E-state index is -0.0442. The quantitative estimate of drug-likeness (QED) is 0.880. The molecule has 2 aromatic rings. The van der Waals surface area contributed by atoms with Crippen LogP contribution in [0.15, 0.2) is 36.2 Å². The first-order chi connectivity index (χ1) is 10.2. The number of aromatic nitrogens is 2. The molecular weight excluding hydrogens is 268 g/mol. The summed E-state index contributed by atoms with van der Waals surface area (Å²) in [6.07, 6.45) is 5.97. The SMILES string of the molecule is CCOc1cc(/C=C2/CCn3ccnc3C2=O)ccc1O. The second-order valence-electron chi connectivity index (χ2n) is 4.85. The largest absolute Gasteiger partial charge is 0.504 e. The van der Waals surface area contributed by atoms with Gasteiger partial charge >= 0.3 is 0 Å². The molecule has 108 valence electrons. The normalized spacial score (nSPS) is 16.0.